The van der Waals surface area contributed by atoms with E-state index in [0.717, 1.165) is 11.0 Å². The van der Waals surface area contributed by atoms with E-state index in [1.165, 1.54) is 4.90 Å². The van der Waals surface area contributed by atoms with Crippen LogP contribution in [0.1, 0.15) is 31.4 Å². The van der Waals surface area contributed by atoms with Crippen LogP contribution < -0.4 is 0 Å². The van der Waals surface area contributed by atoms with Crippen LogP contribution >= 0.6 is 0 Å². The Labute approximate surface area is 157 Å². The summed E-state index contributed by atoms with van der Waals surface area (Å²) >= 11 is 0. The molecule has 1 aliphatic heterocycles. The highest BCUT2D eigenvalue weighted by Crippen LogP contribution is 2.26. The van der Waals surface area contributed by atoms with Crippen LogP contribution in [0.4, 0.5) is 0 Å². The molecule has 1 aromatic carbocycles. The molecular weight excluding hydrogens is 348 g/mol. The first-order valence-electron chi connectivity index (χ1n) is 9.11. The molecule has 2 aromatic rings. The lowest BCUT2D eigenvalue weighted by molar-refractivity contribution is -0.146. The van der Waals surface area contributed by atoms with Crippen molar-refractivity contribution in [3.63, 3.8) is 0 Å². The minimum Gasteiger partial charge on any atom is -0.481 e. The number of amides is 2. The quantitative estimate of drug-likeness (QED) is 0.870. The van der Waals surface area contributed by atoms with Gasteiger partial charge in [-0.15, -0.1) is 0 Å². The van der Waals surface area contributed by atoms with E-state index in [0.29, 0.717) is 31.7 Å². The number of piperidine rings is 1. The smallest absolute Gasteiger partial charge is 0.306 e. The highest BCUT2D eigenvalue weighted by molar-refractivity contribution is 5.89. The number of fused-ring (bicyclic) bond motifs is 1. The van der Waals surface area contributed by atoms with Crippen molar-refractivity contribution in [1.82, 2.24) is 9.80 Å². The maximum absolute atomic E-state index is 12.7. The monoisotopic (exact) mass is 372 g/mol. The van der Waals surface area contributed by atoms with E-state index in [-0.39, 0.29) is 24.3 Å². The van der Waals surface area contributed by atoms with Gasteiger partial charge in [0.2, 0.25) is 11.8 Å². The highest BCUT2D eigenvalue weighted by atomic mass is 16.4. The molecule has 0 saturated carbocycles. The number of aliphatic carboxylic acids is 1. The summed E-state index contributed by atoms with van der Waals surface area (Å²) in [7, 11) is 1.60. The molecule has 1 aromatic heterocycles. The number of likely N-dealkylation sites (N-methyl/N-ethyl adjacent to an activating group) is 1. The molecule has 2 amide bonds. The van der Waals surface area contributed by atoms with Crippen LogP contribution in [0.2, 0.25) is 0 Å². The van der Waals surface area contributed by atoms with Crippen molar-refractivity contribution in [2.45, 2.75) is 25.7 Å². The summed E-state index contributed by atoms with van der Waals surface area (Å²) in [4.78, 5) is 39.2. The van der Waals surface area contributed by atoms with Gasteiger partial charge in [0.25, 0.3) is 0 Å². The Morgan fingerprint density at radius 1 is 1.26 bits per heavy atom. The fraction of sp³-hybridized carbons (Fsp3) is 0.450. The number of likely N-dealkylation sites (tertiary alicyclic amines) is 1. The lowest BCUT2D eigenvalue weighted by atomic mass is 9.97. The first kappa shape index (κ1) is 18.9. The van der Waals surface area contributed by atoms with Gasteiger partial charge in [0.15, 0.2) is 0 Å². The third-order valence-electron chi connectivity index (χ3n) is 5.19. The Kier molecular flexibility index (Phi) is 5.48. The van der Waals surface area contributed by atoms with Gasteiger partial charge in [0.1, 0.15) is 11.3 Å². The molecule has 0 aliphatic carbocycles. The lowest BCUT2D eigenvalue weighted by Crippen LogP contribution is -2.46. The normalized spacial score (nSPS) is 16.3. The van der Waals surface area contributed by atoms with E-state index in [1.807, 2.05) is 30.3 Å². The third-order valence-corrected chi connectivity index (χ3v) is 5.19. The van der Waals surface area contributed by atoms with E-state index in [4.69, 9.17) is 9.52 Å². The number of hydrogen-bond donors (Lipinski definition) is 1. The molecule has 2 heterocycles. The van der Waals surface area contributed by atoms with Crippen LogP contribution in [0, 0.1) is 5.92 Å². The molecule has 27 heavy (non-hydrogen) atoms. The number of carbonyl (C=O) groups excluding carboxylic acids is 2. The molecule has 1 saturated heterocycles. The number of nitrogens with zero attached hydrogens (tertiary/aromatic N) is 2. The second kappa shape index (κ2) is 7.82. The van der Waals surface area contributed by atoms with Crippen molar-refractivity contribution < 1.29 is 23.9 Å². The predicted octanol–water partition coefficient (Wildman–Crippen LogP) is 2.32. The van der Waals surface area contributed by atoms with Crippen LogP contribution in [-0.4, -0.2) is 59.4 Å². The van der Waals surface area contributed by atoms with Gasteiger partial charge < -0.3 is 19.3 Å². The van der Waals surface area contributed by atoms with Crippen molar-refractivity contribution in [3.8, 4) is 0 Å². The van der Waals surface area contributed by atoms with Gasteiger partial charge in [-0.2, -0.15) is 0 Å². The average molecular weight is 372 g/mol. The molecule has 144 valence electrons. The average Bonchev–Trinajstić information content (AvgIpc) is 3.11. The van der Waals surface area contributed by atoms with E-state index in [2.05, 4.69) is 0 Å². The molecular formula is C20H24N2O5. The number of carboxylic acid groups (broad SMARTS) is 1. The number of carbonyl (C=O) groups is 3. The summed E-state index contributed by atoms with van der Waals surface area (Å²) < 4.78 is 5.76. The molecule has 0 spiro atoms. The van der Waals surface area contributed by atoms with Crippen LogP contribution in [0.3, 0.4) is 0 Å². The van der Waals surface area contributed by atoms with E-state index in [9.17, 15) is 14.4 Å². The van der Waals surface area contributed by atoms with Crippen molar-refractivity contribution in [2.24, 2.45) is 5.92 Å². The highest BCUT2D eigenvalue weighted by Gasteiger charge is 2.29. The molecule has 1 aliphatic rings. The summed E-state index contributed by atoms with van der Waals surface area (Å²) in [5.74, 6) is -1.47. The van der Waals surface area contributed by atoms with Crippen LogP contribution in [0.25, 0.3) is 11.0 Å². The minimum atomic E-state index is -0.811. The van der Waals surface area contributed by atoms with Crippen molar-refractivity contribution in [1.29, 1.82) is 0 Å². The van der Waals surface area contributed by atoms with Gasteiger partial charge in [-0.3, -0.25) is 14.4 Å². The van der Waals surface area contributed by atoms with Gasteiger partial charge in [0.05, 0.1) is 18.4 Å². The molecule has 7 heteroatoms. The zero-order valence-corrected chi connectivity index (χ0v) is 15.6. The Hall–Kier alpha value is -2.83. The lowest BCUT2D eigenvalue weighted by Gasteiger charge is -2.31. The topological polar surface area (TPSA) is 91.1 Å². The Morgan fingerprint density at radius 3 is 2.56 bits per heavy atom. The van der Waals surface area contributed by atoms with Gasteiger partial charge in [0, 0.05) is 25.5 Å². The number of furan rings is 1. The van der Waals surface area contributed by atoms with Gasteiger partial charge in [-0.05, 0) is 31.9 Å². The number of rotatable bonds is 5. The van der Waals surface area contributed by atoms with E-state index >= 15 is 0 Å². The largest absolute Gasteiger partial charge is 0.481 e. The third kappa shape index (κ3) is 4.13. The second-order valence-electron chi connectivity index (χ2n) is 7.10. The zero-order valence-electron chi connectivity index (χ0n) is 15.6. The van der Waals surface area contributed by atoms with Crippen molar-refractivity contribution in [3.05, 3.63) is 36.1 Å². The van der Waals surface area contributed by atoms with Gasteiger partial charge >= 0.3 is 5.97 Å². The fourth-order valence-corrected chi connectivity index (χ4v) is 3.42. The maximum Gasteiger partial charge on any atom is 0.306 e. The number of hydrogen-bond acceptors (Lipinski definition) is 4. The summed E-state index contributed by atoms with van der Waals surface area (Å²) in [6, 6.07) is 9.41. The molecule has 1 N–H and O–H groups in total. The Bertz CT molecular complexity index is 818. The molecule has 0 radical (unpaired) electrons. The first-order valence-corrected chi connectivity index (χ1v) is 9.11. The number of para-hydroxylation sites is 1. The zero-order chi connectivity index (χ0) is 19.6. The van der Waals surface area contributed by atoms with Crippen LogP contribution in [-0.2, 0) is 14.4 Å². The molecule has 7 nitrogen and oxygen atoms in total. The summed E-state index contributed by atoms with van der Waals surface area (Å²) in [6.45, 7) is 2.56. The Balaban J connectivity index is 1.58. The predicted molar refractivity (Wildman–Crippen MR) is 99.2 cm³/mol. The summed E-state index contributed by atoms with van der Waals surface area (Å²) in [6.07, 6.45) is 0.905. The summed E-state index contributed by atoms with van der Waals surface area (Å²) in [5.41, 5.74) is 0.729. The molecule has 1 fully saturated rings. The van der Waals surface area contributed by atoms with Gasteiger partial charge in [-0.25, -0.2) is 0 Å². The summed E-state index contributed by atoms with van der Waals surface area (Å²) in [5, 5.41) is 9.98. The molecule has 1 atom stereocenters. The standard InChI is InChI=1S/C20H24N2O5/c1-13(17-11-15-5-3-4-6-16(15)27-17)19(24)21(2)12-18(23)22-9-7-14(8-10-22)20(25)26/h3-6,11,13-14H,7-10,12H2,1-2H3,(H,25,26). The second-order valence-corrected chi connectivity index (χ2v) is 7.10. The van der Waals surface area contributed by atoms with Crippen molar-refractivity contribution in [2.75, 3.05) is 26.7 Å². The molecule has 0 bridgehead atoms. The number of carboxylic acids is 1. The molecule has 1 unspecified atom stereocenters. The number of benzene rings is 1. The van der Waals surface area contributed by atoms with Gasteiger partial charge in [-0.1, -0.05) is 18.2 Å². The van der Waals surface area contributed by atoms with E-state index < -0.39 is 11.9 Å². The van der Waals surface area contributed by atoms with E-state index in [1.54, 1.807) is 18.9 Å². The minimum absolute atomic E-state index is 0.0266. The Morgan fingerprint density at radius 2 is 1.93 bits per heavy atom. The fourth-order valence-electron chi connectivity index (χ4n) is 3.42. The molecule has 3 rings (SSSR count). The SMILES string of the molecule is CC(C(=O)N(C)CC(=O)N1CCC(C(=O)O)CC1)c1cc2ccccc2o1. The van der Waals surface area contributed by atoms with Crippen LogP contribution in [0.5, 0.6) is 0 Å². The first-order chi connectivity index (χ1) is 12.9. The van der Waals surface area contributed by atoms with Crippen LogP contribution in [0.15, 0.2) is 34.7 Å². The maximum atomic E-state index is 12.7. The van der Waals surface area contributed by atoms with Crippen molar-refractivity contribution >= 4 is 28.8 Å².